The minimum atomic E-state index is -0.890. The number of likely N-dealkylation sites (tertiary alicyclic amines) is 1. The number of esters is 1. The molecule has 1 aromatic carbocycles. The fourth-order valence-corrected chi connectivity index (χ4v) is 5.63. The fraction of sp³-hybridized carbons (Fsp3) is 0.577. The lowest BCUT2D eigenvalue weighted by atomic mass is 9.69. The van der Waals surface area contributed by atoms with Gasteiger partial charge in [0, 0.05) is 5.92 Å². The number of hydrogen-bond donors (Lipinski definition) is 2. The van der Waals surface area contributed by atoms with Crippen LogP contribution in [0.5, 0.6) is 0 Å². The van der Waals surface area contributed by atoms with E-state index in [-0.39, 0.29) is 31.0 Å². The van der Waals surface area contributed by atoms with Gasteiger partial charge in [0.1, 0.15) is 6.04 Å². The molecule has 8 heteroatoms. The number of rotatable bonds is 8. The van der Waals surface area contributed by atoms with Gasteiger partial charge in [-0.25, -0.2) is 0 Å². The Morgan fingerprint density at radius 1 is 1.24 bits per heavy atom. The van der Waals surface area contributed by atoms with Crippen LogP contribution in [0.1, 0.15) is 39.7 Å². The van der Waals surface area contributed by atoms with Crippen molar-refractivity contribution >= 4 is 35.1 Å². The van der Waals surface area contributed by atoms with Gasteiger partial charge in [0.15, 0.2) is 0 Å². The van der Waals surface area contributed by atoms with Gasteiger partial charge in [0.25, 0.3) is 0 Å². The second kappa shape index (κ2) is 10.9. The zero-order valence-electron chi connectivity index (χ0n) is 20.5. The third-order valence-corrected chi connectivity index (χ3v) is 7.45. The van der Waals surface area contributed by atoms with Crippen LogP contribution in [0.3, 0.4) is 0 Å². The molecule has 186 valence electrons. The van der Waals surface area contributed by atoms with Gasteiger partial charge >= 0.3 is 5.97 Å². The van der Waals surface area contributed by atoms with Crippen LogP contribution in [0.4, 0.5) is 5.69 Å². The molecule has 0 radical (unpaired) electrons. The summed E-state index contributed by atoms with van der Waals surface area (Å²) in [5.74, 6) is -3.31. The Balaban J connectivity index is 2.08. The predicted molar refractivity (Wildman–Crippen MR) is 131 cm³/mol. The first-order chi connectivity index (χ1) is 16.2. The van der Waals surface area contributed by atoms with Gasteiger partial charge in [0.05, 0.1) is 41.8 Å². The Hall–Kier alpha value is -2.38. The second-order valence-electron chi connectivity index (χ2n) is 9.44. The number of aliphatic hydroxyl groups is 1. The smallest absolute Gasteiger partial charge is 0.310 e. The molecule has 34 heavy (non-hydrogen) atoms. The fourth-order valence-electron chi connectivity index (χ4n) is 5.36. The summed E-state index contributed by atoms with van der Waals surface area (Å²) >= 11 is 6.35. The zero-order chi connectivity index (χ0) is 25.2. The van der Waals surface area contributed by atoms with Crippen molar-refractivity contribution in [3.8, 4) is 0 Å². The van der Waals surface area contributed by atoms with Crippen molar-refractivity contribution < 1.29 is 24.2 Å². The van der Waals surface area contributed by atoms with Gasteiger partial charge in [-0.3, -0.25) is 14.4 Å². The van der Waals surface area contributed by atoms with Crippen molar-refractivity contribution in [3.05, 3.63) is 40.9 Å². The molecular weight excluding hydrogens is 456 g/mol. The first-order valence-corrected chi connectivity index (χ1v) is 12.4. The molecule has 1 heterocycles. The van der Waals surface area contributed by atoms with E-state index in [1.54, 1.807) is 19.1 Å². The van der Waals surface area contributed by atoms with Crippen molar-refractivity contribution in [2.24, 2.45) is 29.6 Å². The van der Waals surface area contributed by atoms with E-state index in [0.717, 1.165) is 5.56 Å². The van der Waals surface area contributed by atoms with Crippen molar-refractivity contribution in [2.75, 3.05) is 18.5 Å². The molecule has 0 saturated carbocycles. The molecule has 0 aromatic heterocycles. The maximum absolute atomic E-state index is 13.9. The molecule has 1 aliphatic heterocycles. The quantitative estimate of drug-likeness (QED) is 0.426. The van der Waals surface area contributed by atoms with Crippen molar-refractivity contribution in [1.29, 1.82) is 0 Å². The van der Waals surface area contributed by atoms with Crippen molar-refractivity contribution in [2.45, 2.75) is 53.1 Å². The van der Waals surface area contributed by atoms with Crippen LogP contribution in [-0.2, 0) is 19.1 Å². The summed E-state index contributed by atoms with van der Waals surface area (Å²) in [6, 6.07) is 3.87. The van der Waals surface area contributed by atoms with Gasteiger partial charge < -0.3 is 20.1 Å². The average molecular weight is 491 g/mol. The first kappa shape index (κ1) is 26.2. The minimum Gasteiger partial charge on any atom is -0.466 e. The summed E-state index contributed by atoms with van der Waals surface area (Å²) in [5, 5.41) is 13.5. The SMILES string of the molecule is CCOC(=O)[C@H]1[C@H]2C(=O)N([C@@H](CO)C(C)C)[C@H](C(=O)Nc3c(C)cccc3Cl)[C@H]2C=C[C@H]1CC. The number of hydrogen-bond acceptors (Lipinski definition) is 5. The Bertz CT molecular complexity index is 942. The van der Waals surface area contributed by atoms with Crippen LogP contribution in [-0.4, -0.2) is 53.1 Å². The molecule has 1 fully saturated rings. The number of aliphatic hydroxyl groups excluding tert-OH is 1. The topological polar surface area (TPSA) is 95.9 Å². The number of carbonyl (C=O) groups is 3. The highest BCUT2D eigenvalue weighted by Gasteiger charge is 2.59. The number of benzene rings is 1. The molecule has 6 atom stereocenters. The van der Waals surface area contributed by atoms with E-state index in [4.69, 9.17) is 16.3 Å². The lowest BCUT2D eigenvalue weighted by molar-refractivity contribution is -0.156. The number of para-hydroxylation sites is 1. The summed E-state index contributed by atoms with van der Waals surface area (Å²) in [6.45, 7) is 9.27. The molecule has 2 amide bonds. The Kier molecular flexibility index (Phi) is 8.42. The molecule has 1 aliphatic carbocycles. The lowest BCUT2D eigenvalue weighted by Crippen LogP contribution is -2.52. The Labute approximate surface area is 206 Å². The normalized spacial score (nSPS) is 27.0. The third-order valence-electron chi connectivity index (χ3n) is 7.13. The van der Waals surface area contributed by atoms with Gasteiger partial charge in [-0.15, -0.1) is 0 Å². The number of nitrogens with one attached hydrogen (secondary N) is 1. The molecule has 3 rings (SSSR count). The van der Waals surface area contributed by atoms with Gasteiger partial charge in [-0.05, 0) is 43.7 Å². The van der Waals surface area contributed by atoms with Crippen LogP contribution in [0, 0.1) is 36.5 Å². The number of fused-ring (bicyclic) bond motifs is 1. The van der Waals surface area contributed by atoms with Crippen LogP contribution in [0.2, 0.25) is 5.02 Å². The largest absolute Gasteiger partial charge is 0.466 e. The third kappa shape index (κ3) is 4.73. The van der Waals surface area contributed by atoms with Gasteiger partial charge in [-0.2, -0.15) is 0 Å². The number of aryl methyl sites for hydroxylation is 1. The summed E-state index contributed by atoms with van der Waals surface area (Å²) in [4.78, 5) is 42.1. The number of amides is 2. The molecule has 1 aromatic rings. The summed E-state index contributed by atoms with van der Waals surface area (Å²) < 4.78 is 5.35. The summed E-state index contributed by atoms with van der Waals surface area (Å²) in [6.07, 6.45) is 4.49. The van der Waals surface area contributed by atoms with E-state index in [9.17, 15) is 19.5 Å². The Morgan fingerprint density at radius 2 is 1.94 bits per heavy atom. The summed E-state index contributed by atoms with van der Waals surface area (Å²) in [7, 11) is 0. The maximum Gasteiger partial charge on any atom is 0.310 e. The molecule has 7 nitrogen and oxygen atoms in total. The number of nitrogens with zero attached hydrogens (tertiary/aromatic N) is 1. The van der Waals surface area contributed by atoms with Crippen molar-refractivity contribution in [1.82, 2.24) is 4.90 Å². The molecule has 2 N–H and O–H groups in total. The van der Waals surface area contributed by atoms with Gasteiger partial charge in [0.2, 0.25) is 11.8 Å². The van der Waals surface area contributed by atoms with E-state index < -0.39 is 41.7 Å². The molecule has 1 saturated heterocycles. The van der Waals surface area contributed by atoms with Crippen LogP contribution < -0.4 is 5.32 Å². The van der Waals surface area contributed by atoms with E-state index in [1.165, 1.54) is 4.90 Å². The minimum absolute atomic E-state index is 0.0987. The number of carbonyl (C=O) groups excluding carboxylic acids is 3. The van der Waals surface area contributed by atoms with E-state index in [1.807, 2.05) is 45.9 Å². The maximum atomic E-state index is 13.9. The van der Waals surface area contributed by atoms with Gasteiger partial charge in [-0.1, -0.05) is 56.7 Å². The molecule has 0 spiro atoms. The highest BCUT2D eigenvalue weighted by atomic mass is 35.5. The standard InChI is InChI=1S/C26H35ClN2O5/c1-6-16-11-12-17-21(20(16)26(33)34-7-2)25(32)29(19(13-30)14(3)4)23(17)24(31)28-22-15(5)9-8-10-18(22)27/h8-12,14,16-17,19-21,23,30H,6-7,13H2,1-5H3,(H,28,31)/t16-,17+,19+,20-,21+,23+/m1/s1. The zero-order valence-corrected chi connectivity index (χ0v) is 21.2. The van der Waals surface area contributed by atoms with E-state index in [0.29, 0.717) is 17.1 Å². The van der Waals surface area contributed by atoms with Crippen LogP contribution >= 0.6 is 11.6 Å². The number of anilines is 1. The average Bonchev–Trinajstić information content (AvgIpc) is 3.08. The Morgan fingerprint density at radius 3 is 2.50 bits per heavy atom. The second-order valence-corrected chi connectivity index (χ2v) is 9.85. The van der Waals surface area contributed by atoms with E-state index in [2.05, 4.69) is 5.32 Å². The van der Waals surface area contributed by atoms with E-state index >= 15 is 0 Å². The molecule has 0 unspecified atom stereocenters. The molecule has 0 bridgehead atoms. The first-order valence-electron chi connectivity index (χ1n) is 12.0. The summed E-state index contributed by atoms with van der Waals surface area (Å²) in [5.41, 5.74) is 1.29. The monoisotopic (exact) mass is 490 g/mol. The van der Waals surface area contributed by atoms with Crippen LogP contribution in [0.25, 0.3) is 0 Å². The highest BCUT2D eigenvalue weighted by Crippen LogP contribution is 2.46. The lowest BCUT2D eigenvalue weighted by Gasteiger charge is -2.35. The highest BCUT2D eigenvalue weighted by molar-refractivity contribution is 6.34. The molecular formula is C26H35ClN2O5. The predicted octanol–water partition coefficient (Wildman–Crippen LogP) is 3.82. The number of allylic oxidation sites excluding steroid dienone is 1. The van der Waals surface area contributed by atoms with Crippen LogP contribution in [0.15, 0.2) is 30.4 Å². The number of halogens is 1. The van der Waals surface area contributed by atoms with Crippen molar-refractivity contribution in [3.63, 3.8) is 0 Å². The molecule has 2 aliphatic rings. The number of ether oxygens (including phenoxy) is 1.